The van der Waals surface area contributed by atoms with Crippen LogP contribution in [0.25, 0.3) is 0 Å². The molecule has 4 heteroatoms. The van der Waals surface area contributed by atoms with Gasteiger partial charge in [-0.1, -0.05) is 12.1 Å². The first kappa shape index (κ1) is 11.4. The Morgan fingerprint density at radius 1 is 1.12 bits per heavy atom. The number of hydrogen-bond acceptors (Lipinski definition) is 3. The molecular weight excluding hydrogens is 221 g/mol. The summed E-state index contributed by atoms with van der Waals surface area (Å²) in [5, 5.41) is 8.89. The van der Waals surface area contributed by atoms with Crippen molar-refractivity contribution in [2.45, 2.75) is 6.61 Å². The van der Waals surface area contributed by atoms with E-state index in [0.29, 0.717) is 11.4 Å². The minimum atomic E-state index is -0.402. The summed E-state index contributed by atoms with van der Waals surface area (Å²) in [7, 11) is 0. The molecule has 0 unspecified atom stereocenters. The van der Waals surface area contributed by atoms with Crippen LogP contribution < -0.4 is 10.5 Å². The van der Waals surface area contributed by atoms with Crippen LogP contribution in [0.5, 0.6) is 11.5 Å². The van der Waals surface area contributed by atoms with Crippen molar-refractivity contribution < 1.29 is 14.2 Å². The maximum atomic E-state index is 13.0. The molecule has 17 heavy (non-hydrogen) atoms. The van der Waals surface area contributed by atoms with Crippen molar-refractivity contribution in [1.82, 2.24) is 0 Å². The monoisotopic (exact) mass is 233 g/mol. The van der Waals surface area contributed by atoms with Gasteiger partial charge in [-0.15, -0.1) is 0 Å². The van der Waals surface area contributed by atoms with Gasteiger partial charge in [-0.2, -0.15) is 0 Å². The first-order valence-electron chi connectivity index (χ1n) is 5.12. The SMILES string of the molecule is Nc1ccc(F)cc1Oc1ccc(CO)cc1. The quantitative estimate of drug-likeness (QED) is 0.801. The lowest BCUT2D eigenvalue weighted by Crippen LogP contribution is -1.93. The first-order valence-corrected chi connectivity index (χ1v) is 5.12. The maximum Gasteiger partial charge on any atom is 0.153 e. The molecule has 3 nitrogen and oxygen atoms in total. The molecule has 0 spiro atoms. The molecule has 0 aliphatic heterocycles. The number of anilines is 1. The van der Waals surface area contributed by atoms with Gasteiger partial charge in [-0.25, -0.2) is 4.39 Å². The number of halogens is 1. The van der Waals surface area contributed by atoms with Gasteiger partial charge in [-0.3, -0.25) is 0 Å². The van der Waals surface area contributed by atoms with E-state index in [0.717, 1.165) is 5.56 Å². The molecule has 0 amide bonds. The highest BCUT2D eigenvalue weighted by molar-refractivity contribution is 5.53. The van der Waals surface area contributed by atoms with Gasteiger partial charge in [0.25, 0.3) is 0 Å². The van der Waals surface area contributed by atoms with Crippen LogP contribution in [0, 0.1) is 5.82 Å². The topological polar surface area (TPSA) is 55.5 Å². The van der Waals surface area contributed by atoms with Crippen LogP contribution >= 0.6 is 0 Å². The highest BCUT2D eigenvalue weighted by Gasteiger charge is 2.03. The fourth-order valence-corrected chi connectivity index (χ4v) is 1.39. The van der Waals surface area contributed by atoms with Gasteiger partial charge in [0, 0.05) is 6.07 Å². The zero-order valence-electron chi connectivity index (χ0n) is 9.06. The van der Waals surface area contributed by atoms with Gasteiger partial charge in [0.1, 0.15) is 11.6 Å². The summed E-state index contributed by atoms with van der Waals surface area (Å²) in [5.74, 6) is 0.419. The number of ether oxygens (including phenoxy) is 1. The molecule has 0 fully saturated rings. The number of nitrogens with two attached hydrogens (primary N) is 1. The summed E-state index contributed by atoms with van der Waals surface area (Å²) in [6, 6.07) is 10.8. The average molecular weight is 233 g/mol. The molecular formula is C13H12FNO2. The van der Waals surface area contributed by atoms with Gasteiger partial charge in [0.2, 0.25) is 0 Å². The van der Waals surface area contributed by atoms with Crippen molar-refractivity contribution in [2.75, 3.05) is 5.73 Å². The van der Waals surface area contributed by atoms with E-state index in [9.17, 15) is 4.39 Å². The molecule has 0 heterocycles. The summed E-state index contributed by atoms with van der Waals surface area (Å²) < 4.78 is 18.4. The van der Waals surface area contributed by atoms with Crippen molar-refractivity contribution >= 4 is 5.69 Å². The molecule has 2 aromatic rings. The Morgan fingerprint density at radius 2 is 1.82 bits per heavy atom. The van der Waals surface area contributed by atoms with Gasteiger partial charge < -0.3 is 15.6 Å². The van der Waals surface area contributed by atoms with Crippen LogP contribution in [0.3, 0.4) is 0 Å². The first-order chi connectivity index (χ1) is 8.19. The van der Waals surface area contributed by atoms with Crippen molar-refractivity contribution in [3.63, 3.8) is 0 Å². The van der Waals surface area contributed by atoms with Crippen LogP contribution in [0.15, 0.2) is 42.5 Å². The zero-order valence-corrected chi connectivity index (χ0v) is 9.06. The zero-order chi connectivity index (χ0) is 12.3. The lowest BCUT2D eigenvalue weighted by Gasteiger charge is -2.08. The predicted molar refractivity (Wildman–Crippen MR) is 63.3 cm³/mol. The van der Waals surface area contributed by atoms with Crippen LogP contribution in [0.2, 0.25) is 0 Å². The lowest BCUT2D eigenvalue weighted by atomic mass is 10.2. The molecule has 0 saturated heterocycles. The Kier molecular flexibility index (Phi) is 3.25. The fraction of sp³-hybridized carbons (Fsp3) is 0.0769. The molecule has 0 aromatic heterocycles. The second-order valence-electron chi connectivity index (χ2n) is 3.59. The highest BCUT2D eigenvalue weighted by atomic mass is 19.1. The Labute approximate surface area is 98.3 Å². The van der Waals surface area contributed by atoms with Crippen molar-refractivity contribution in [1.29, 1.82) is 0 Å². The third-order valence-electron chi connectivity index (χ3n) is 2.31. The van der Waals surface area contributed by atoms with E-state index >= 15 is 0 Å². The lowest BCUT2D eigenvalue weighted by molar-refractivity contribution is 0.281. The van der Waals surface area contributed by atoms with E-state index in [1.165, 1.54) is 18.2 Å². The van der Waals surface area contributed by atoms with E-state index in [4.69, 9.17) is 15.6 Å². The Hall–Kier alpha value is -2.07. The summed E-state index contributed by atoms with van der Waals surface area (Å²) in [6.07, 6.45) is 0. The minimum absolute atomic E-state index is 0.0254. The molecule has 88 valence electrons. The Balaban J connectivity index is 2.22. The second-order valence-corrected chi connectivity index (χ2v) is 3.59. The Bertz CT molecular complexity index is 511. The van der Waals surface area contributed by atoms with Crippen LogP contribution in [-0.4, -0.2) is 5.11 Å². The third-order valence-corrected chi connectivity index (χ3v) is 2.31. The molecule has 3 N–H and O–H groups in total. The van der Waals surface area contributed by atoms with E-state index < -0.39 is 5.82 Å². The number of aliphatic hydroxyl groups excluding tert-OH is 1. The van der Waals surface area contributed by atoms with E-state index in [2.05, 4.69) is 0 Å². The number of aliphatic hydroxyl groups is 1. The van der Waals surface area contributed by atoms with E-state index in [1.54, 1.807) is 24.3 Å². The van der Waals surface area contributed by atoms with E-state index in [-0.39, 0.29) is 12.4 Å². The summed E-state index contributed by atoms with van der Waals surface area (Å²) >= 11 is 0. The largest absolute Gasteiger partial charge is 0.455 e. The smallest absolute Gasteiger partial charge is 0.153 e. The Morgan fingerprint density at radius 3 is 2.47 bits per heavy atom. The molecule has 2 aromatic carbocycles. The van der Waals surface area contributed by atoms with Gasteiger partial charge in [-0.05, 0) is 29.8 Å². The molecule has 0 aliphatic rings. The average Bonchev–Trinajstić information content (AvgIpc) is 2.35. The minimum Gasteiger partial charge on any atom is -0.455 e. The van der Waals surface area contributed by atoms with Gasteiger partial charge in [0.15, 0.2) is 5.75 Å². The second kappa shape index (κ2) is 4.84. The number of rotatable bonds is 3. The molecule has 0 aliphatic carbocycles. The summed E-state index contributed by atoms with van der Waals surface area (Å²) in [6.45, 7) is -0.0254. The summed E-state index contributed by atoms with van der Waals surface area (Å²) in [4.78, 5) is 0. The number of benzene rings is 2. The van der Waals surface area contributed by atoms with Crippen LogP contribution in [-0.2, 0) is 6.61 Å². The predicted octanol–water partition coefficient (Wildman–Crippen LogP) is 2.69. The van der Waals surface area contributed by atoms with Gasteiger partial charge >= 0.3 is 0 Å². The van der Waals surface area contributed by atoms with Crippen LogP contribution in [0.4, 0.5) is 10.1 Å². The third kappa shape index (κ3) is 2.73. The fourth-order valence-electron chi connectivity index (χ4n) is 1.39. The molecule has 0 bridgehead atoms. The number of nitrogen functional groups attached to an aromatic ring is 1. The normalized spacial score (nSPS) is 10.2. The van der Waals surface area contributed by atoms with Crippen molar-refractivity contribution in [3.05, 3.63) is 53.8 Å². The standard InChI is InChI=1S/C13H12FNO2/c14-10-3-6-12(15)13(7-10)17-11-4-1-9(8-16)2-5-11/h1-7,16H,8,15H2. The molecule has 0 atom stereocenters. The van der Waals surface area contributed by atoms with Crippen LogP contribution in [0.1, 0.15) is 5.56 Å². The van der Waals surface area contributed by atoms with E-state index in [1.807, 2.05) is 0 Å². The maximum absolute atomic E-state index is 13.0. The van der Waals surface area contributed by atoms with Crippen molar-refractivity contribution in [3.8, 4) is 11.5 Å². The molecule has 2 rings (SSSR count). The molecule has 0 radical (unpaired) electrons. The van der Waals surface area contributed by atoms with Crippen molar-refractivity contribution in [2.24, 2.45) is 0 Å². The van der Waals surface area contributed by atoms with Gasteiger partial charge in [0.05, 0.1) is 12.3 Å². The number of hydrogen-bond donors (Lipinski definition) is 2. The highest BCUT2D eigenvalue weighted by Crippen LogP contribution is 2.28. The summed E-state index contributed by atoms with van der Waals surface area (Å²) in [5.41, 5.74) is 6.82. The molecule has 0 saturated carbocycles.